The highest BCUT2D eigenvalue weighted by Gasteiger charge is 2.31. The van der Waals surface area contributed by atoms with E-state index in [1.165, 1.54) is 0 Å². The second-order valence-corrected chi connectivity index (χ2v) is 7.80. The Kier molecular flexibility index (Phi) is 6.45. The van der Waals surface area contributed by atoms with E-state index in [0.29, 0.717) is 29.6 Å². The van der Waals surface area contributed by atoms with Gasteiger partial charge in [0.25, 0.3) is 0 Å². The average molecular weight is 380 g/mol. The van der Waals surface area contributed by atoms with Crippen LogP contribution in [0.2, 0.25) is 0 Å². The fourth-order valence-corrected chi connectivity index (χ4v) is 3.30. The lowest BCUT2D eigenvalue weighted by Crippen LogP contribution is -2.35. The number of aromatic nitrogens is 2. The lowest BCUT2D eigenvalue weighted by molar-refractivity contribution is -0.145. The maximum atomic E-state index is 12.7. The third-order valence-electron chi connectivity index (χ3n) is 5.51. The molecule has 3 rings (SSSR count). The zero-order chi connectivity index (χ0) is 20.1. The Balaban J connectivity index is 1.97. The lowest BCUT2D eigenvalue weighted by atomic mass is 9.98. The summed E-state index contributed by atoms with van der Waals surface area (Å²) in [6, 6.07) is 9.67. The molecular formula is C22H28N4O2. The molecule has 1 aromatic heterocycles. The summed E-state index contributed by atoms with van der Waals surface area (Å²) in [6.07, 6.45) is 3.03. The Labute approximate surface area is 166 Å². The van der Waals surface area contributed by atoms with Crippen molar-refractivity contribution in [3.8, 4) is 6.07 Å². The van der Waals surface area contributed by atoms with Crippen molar-refractivity contribution in [3.05, 3.63) is 30.0 Å². The Morgan fingerprint density at radius 1 is 1.29 bits per heavy atom. The number of benzene rings is 1. The van der Waals surface area contributed by atoms with E-state index < -0.39 is 11.9 Å². The number of para-hydroxylation sites is 2. The Morgan fingerprint density at radius 3 is 2.54 bits per heavy atom. The quantitative estimate of drug-likeness (QED) is 0.703. The third kappa shape index (κ3) is 4.41. The molecule has 0 spiro atoms. The second kappa shape index (κ2) is 9.01. The van der Waals surface area contributed by atoms with E-state index in [9.17, 15) is 10.1 Å². The van der Waals surface area contributed by atoms with Gasteiger partial charge in [-0.2, -0.15) is 5.26 Å². The number of hydrogen-bond donors (Lipinski definition) is 0. The number of esters is 1. The van der Waals surface area contributed by atoms with Crippen LogP contribution in [0.15, 0.2) is 24.3 Å². The van der Waals surface area contributed by atoms with Gasteiger partial charge in [0.15, 0.2) is 11.7 Å². The summed E-state index contributed by atoms with van der Waals surface area (Å²) < 4.78 is 5.43. The van der Waals surface area contributed by atoms with Crippen molar-refractivity contribution in [1.82, 2.24) is 9.97 Å². The molecule has 1 saturated heterocycles. The first-order chi connectivity index (χ1) is 13.5. The first-order valence-electron chi connectivity index (χ1n) is 10.1. The molecule has 0 aliphatic carbocycles. The number of nitriles is 1. The van der Waals surface area contributed by atoms with E-state index >= 15 is 0 Å². The molecule has 1 aliphatic heterocycles. The minimum Gasteiger partial charge on any atom is -0.464 e. The SMILES string of the molecule is CC[C@H](C)COC(=O)[C@@H](C#N)c1nc2ccccc2nc1N1CCC(C)CC1. The number of carbonyl (C=O) groups is 1. The summed E-state index contributed by atoms with van der Waals surface area (Å²) in [7, 11) is 0. The zero-order valence-corrected chi connectivity index (χ0v) is 16.9. The van der Waals surface area contributed by atoms with Crippen LogP contribution in [0.5, 0.6) is 0 Å². The molecular weight excluding hydrogens is 352 g/mol. The summed E-state index contributed by atoms with van der Waals surface area (Å²) >= 11 is 0. The van der Waals surface area contributed by atoms with Gasteiger partial charge >= 0.3 is 5.97 Å². The van der Waals surface area contributed by atoms with Crippen molar-refractivity contribution in [2.45, 2.75) is 46.0 Å². The largest absolute Gasteiger partial charge is 0.464 e. The van der Waals surface area contributed by atoms with Crippen LogP contribution in [-0.2, 0) is 9.53 Å². The fourth-order valence-electron chi connectivity index (χ4n) is 3.30. The normalized spacial score (nSPS) is 17.1. The average Bonchev–Trinajstić information content (AvgIpc) is 2.72. The number of carbonyl (C=O) groups excluding carboxylic acids is 1. The van der Waals surface area contributed by atoms with E-state index in [2.05, 4.69) is 22.9 Å². The maximum absolute atomic E-state index is 12.7. The molecule has 0 N–H and O–H groups in total. The van der Waals surface area contributed by atoms with Crippen LogP contribution in [0, 0.1) is 23.2 Å². The molecule has 0 radical (unpaired) electrons. The van der Waals surface area contributed by atoms with Gasteiger partial charge in [-0.05, 0) is 36.8 Å². The van der Waals surface area contributed by atoms with Crippen molar-refractivity contribution >= 4 is 22.8 Å². The summed E-state index contributed by atoms with van der Waals surface area (Å²) in [6.45, 7) is 8.32. The van der Waals surface area contributed by atoms with E-state index in [4.69, 9.17) is 9.72 Å². The standard InChI is InChI=1S/C22H28N4O2/c1-4-15(2)14-28-22(27)17(13-23)20-21(26-11-9-16(3)10-12-26)25-19-8-6-5-7-18(19)24-20/h5-8,15-17H,4,9-12,14H2,1-3H3/t15-,17-/m0/s1. The Morgan fingerprint density at radius 2 is 1.93 bits per heavy atom. The molecule has 6 nitrogen and oxygen atoms in total. The second-order valence-electron chi connectivity index (χ2n) is 7.80. The van der Waals surface area contributed by atoms with E-state index in [1.54, 1.807) is 0 Å². The van der Waals surface area contributed by atoms with Gasteiger partial charge in [-0.3, -0.25) is 4.79 Å². The number of hydrogen-bond acceptors (Lipinski definition) is 6. The predicted molar refractivity (Wildman–Crippen MR) is 109 cm³/mol. The van der Waals surface area contributed by atoms with Gasteiger partial charge in [-0.15, -0.1) is 0 Å². The number of nitrogens with zero attached hydrogens (tertiary/aromatic N) is 4. The molecule has 2 heterocycles. The first kappa shape index (κ1) is 20.1. The number of rotatable bonds is 6. The smallest absolute Gasteiger partial charge is 0.329 e. The van der Waals surface area contributed by atoms with E-state index in [1.807, 2.05) is 38.1 Å². The van der Waals surface area contributed by atoms with Crippen LogP contribution in [0.25, 0.3) is 11.0 Å². The van der Waals surface area contributed by atoms with Gasteiger partial charge in [0.05, 0.1) is 23.7 Å². The number of fused-ring (bicyclic) bond motifs is 1. The minimum atomic E-state index is -1.07. The topological polar surface area (TPSA) is 79.1 Å². The summed E-state index contributed by atoms with van der Waals surface area (Å²) in [5.74, 6) is -0.0541. The van der Waals surface area contributed by atoms with Gasteiger partial charge in [0, 0.05) is 13.1 Å². The van der Waals surface area contributed by atoms with Gasteiger partial charge < -0.3 is 9.64 Å². The highest BCUT2D eigenvalue weighted by atomic mass is 16.5. The zero-order valence-electron chi connectivity index (χ0n) is 16.9. The number of anilines is 1. The van der Waals surface area contributed by atoms with Crippen LogP contribution < -0.4 is 4.90 Å². The number of piperidine rings is 1. The summed E-state index contributed by atoms with van der Waals surface area (Å²) in [5.41, 5.74) is 1.86. The van der Waals surface area contributed by atoms with Gasteiger partial charge in [-0.1, -0.05) is 39.3 Å². The van der Waals surface area contributed by atoms with Crippen LogP contribution in [0.1, 0.15) is 51.6 Å². The monoisotopic (exact) mass is 380 g/mol. The van der Waals surface area contributed by atoms with Crippen LogP contribution in [0.4, 0.5) is 5.82 Å². The van der Waals surface area contributed by atoms with Crippen molar-refractivity contribution in [3.63, 3.8) is 0 Å². The van der Waals surface area contributed by atoms with E-state index in [0.717, 1.165) is 37.9 Å². The molecule has 0 amide bonds. The molecule has 1 fully saturated rings. The van der Waals surface area contributed by atoms with Crippen LogP contribution >= 0.6 is 0 Å². The molecule has 1 aromatic carbocycles. The molecule has 2 atom stereocenters. The molecule has 148 valence electrons. The molecule has 28 heavy (non-hydrogen) atoms. The van der Waals surface area contributed by atoms with Gasteiger partial charge in [0.2, 0.25) is 0 Å². The number of ether oxygens (including phenoxy) is 1. The molecule has 0 bridgehead atoms. The van der Waals surface area contributed by atoms with E-state index in [-0.39, 0.29) is 5.92 Å². The molecule has 0 unspecified atom stereocenters. The third-order valence-corrected chi connectivity index (χ3v) is 5.51. The van der Waals surface area contributed by atoms with Crippen LogP contribution in [-0.4, -0.2) is 35.6 Å². The van der Waals surface area contributed by atoms with Gasteiger partial charge in [-0.25, -0.2) is 9.97 Å². The summed E-state index contributed by atoms with van der Waals surface area (Å²) in [5, 5.41) is 9.77. The van der Waals surface area contributed by atoms with Crippen molar-refractivity contribution in [2.75, 3.05) is 24.6 Å². The van der Waals surface area contributed by atoms with Gasteiger partial charge in [0.1, 0.15) is 5.69 Å². The maximum Gasteiger partial charge on any atom is 0.329 e. The highest BCUT2D eigenvalue weighted by molar-refractivity contribution is 5.85. The first-order valence-corrected chi connectivity index (χ1v) is 10.1. The Hall–Kier alpha value is -2.68. The van der Waals surface area contributed by atoms with Crippen molar-refractivity contribution in [1.29, 1.82) is 5.26 Å². The molecule has 2 aromatic rings. The van der Waals surface area contributed by atoms with Crippen molar-refractivity contribution < 1.29 is 9.53 Å². The van der Waals surface area contributed by atoms with Crippen molar-refractivity contribution in [2.24, 2.45) is 11.8 Å². The highest BCUT2D eigenvalue weighted by Crippen LogP contribution is 2.30. The minimum absolute atomic E-state index is 0.258. The lowest BCUT2D eigenvalue weighted by Gasteiger charge is -2.32. The fraction of sp³-hybridized carbons (Fsp3) is 0.545. The van der Waals surface area contributed by atoms with Crippen LogP contribution in [0.3, 0.4) is 0 Å². The molecule has 0 saturated carbocycles. The predicted octanol–water partition coefficient (Wildman–Crippen LogP) is 4.06. The molecule has 6 heteroatoms. The molecule has 1 aliphatic rings. The Bertz CT molecular complexity index is 868. The summed E-state index contributed by atoms with van der Waals surface area (Å²) in [4.78, 5) is 24.3.